The Bertz CT molecular complexity index is 1690. The number of rotatable bonds is 6. The van der Waals surface area contributed by atoms with Crippen LogP contribution < -0.4 is 10.1 Å². The minimum atomic E-state index is -0.154. The van der Waals surface area contributed by atoms with Gasteiger partial charge < -0.3 is 15.0 Å². The number of amides is 1. The van der Waals surface area contributed by atoms with E-state index < -0.39 is 0 Å². The van der Waals surface area contributed by atoms with E-state index in [4.69, 9.17) is 4.74 Å². The number of hydrogen-bond acceptors (Lipinski definition) is 3. The van der Waals surface area contributed by atoms with Crippen molar-refractivity contribution in [2.24, 2.45) is 0 Å². The van der Waals surface area contributed by atoms with E-state index in [9.17, 15) is 4.79 Å². The average Bonchev–Trinajstić information content (AvgIpc) is 3.38. The first kappa shape index (κ1) is 22.3. The fraction of sp³-hybridized carbons (Fsp3) is 0. The Labute approximate surface area is 214 Å². The van der Waals surface area contributed by atoms with Gasteiger partial charge in [-0.1, -0.05) is 66.7 Å². The summed E-state index contributed by atoms with van der Waals surface area (Å²) < 4.78 is 6.18. The average molecular weight is 482 g/mol. The van der Waals surface area contributed by atoms with E-state index in [0.29, 0.717) is 5.56 Å². The number of pyridine rings is 1. The largest absolute Gasteiger partial charge is 0.457 e. The highest BCUT2D eigenvalue weighted by Crippen LogP contribution is 2.36. The number of nitrogens with one attached hydrogen (secondary N) is 2. The molecule has 0 radical (unpaired) electrons. The third-order valence-corrected chi connectivity index (χ3v) is 6.17. The molecule has 0 spiro atoms. The fourth-order valence-corrected chi connectivity index (χ4v) is 4.35. The molecule has 5 nitrogen and oxygen atoms in total. The van der Waals surface area contributed by atoms with E-state index in [2.05, 4.69) is 21.4 Å². The van der Waals surface area contributed by atoms with Crippen molar-refractivity contribution < 1.29 is 9.53 Å². The van der Waals surface area contributed by atoms with Crippen LogP contribution in [0.3, 0.4) is 0 Å². The molecule has 2 heterocycles. The summed E-state index contributed by atoms with van der Waals surface area (Å²) in [5, 5.41) is 3.92. The summed E-state index contributed by atoms with van der Waals surface area (Å²) in [7, 11) is 0. The molecule has 0 aliphatic heterocycles. The van der Waals surface area contributed by atoms with Crippen molar-refractivity contribution >= 4 is 22.6 Å². The van der Waals surface area contributed by atoms with Gasteiger partial charge in [-0.15, -0.1) is 0 Å². The maximum absolute atomic E-state index is 12.9. The molecule has 0 aliphatic rings. The maximum Gasteiger partial charge on any atom is 0.255 e. The van der Waals surface area contributed by atoms with Gasteiger partial charge in [-0.2, -0.15) is 0 Å². The first-order valence-corrected chi connectivity index (χ1v) is 12.0. The van der Waals surface area contributed by atoms with Gasteiger partial charge in [-0.05, 0) is 54.1 Å². The number of ether oxygens (including phenoxy) is 1. The molecule has 37 heavy (non-hydrogen) atoms. The Balaban J connectivity index is 1.35. The molecule has 0 fully saturated rings. The van der Waals surface area contributed by atoms with Crippen LogP contribution in [0.4, 0.5) is 5.69 Å². The molecule has 4 aromatic carbocycles. The van der Waals surface area contributed by atoms with Crippen molar-refractivity contribution in [3.8, 4) is 33.8 Å². The van der Waals surface area contributed by atoms with E-state index in [-0.39, 0.29) is 5.91 Å². The Kier molecular flexibility index (Phi) is 5.93. The molecule has 1 amide bonds. The number of H-pyrrole nitrogens is 1. The van der Waals surface area contributed by atoms with Gasteiger partial charge in [0.15, 0.2) is 0 Å². The van der Waals surface area contributed by atoms with Crippen molar-refractivity contribution in [3.63, 3.8) is 0 Å². The van der Waals surface area contributed by atoms with Crippen LogP contribution in [0.1, 0.15) is 10.4 Å². The van der Waals surface area contributed by atoms with E-state index in [0.717, 1.165) is 50.5 Å². The molecule has 0 saturated carbocycles. The van der Waals surface area contributed by atoms with Gasteiger partial charge in [0.05, 0.1) is 0 Å². The van der Waals surface area contributed by atoms with Crippen LogP contribution in [-0.4, -0.2) is 15.9 Å². The quantitative estimate of drug-likeness (QED) is 0.254. The molecule has 6 aromatic rings. The molecule has 0 unspecified atom stereocenters. The second kappa shape index (κ2) is 9.84. The molecule has 6 rings (SSSR count). The number of anilines is 1. The monoisotopic (exact) mass is 481 g/mol. The fourth-order valence-electron chi connectivity index (χ4n) is 4.35. The van der Waals surface area contributed by atoms with Crippen molar-refractivity contribution in [1.29, 1.82) is 0 Å². The SMILES string of the molecule is O=C(Nc1ccccc1)c1cccc(-c2c[nH]c3ncc(-c4ccccc4Oc4ccccc4)cc23)c1. The summed E-state index contributed by atoms with van der Waals surface area (Å²) in [4.78, 5) is 20.8. The first-order valence-electron chi connectivity index (χ1n) is 12.0. The number of aromatic nitrogens is 2. The van der Waals surface area contributed by atoms with Gasteiger partial charge in [-0.3, -0.25) is 4.79 Å². The van der Waals surface area contributed by atoms with Gasteiger partial charge >= 0.3 is 0 Å². The summed E-state index contributed by atoms with van der Waals surface area (Å²) in [6, 6.07) is 36.8. The van der Waals surface area contributed by atoms with Crippen LogP contribution in [0.15, 0.2) is 128 Å². The van der Waals surface area contributed by atoms with Crippen LogP contribution in [-0.2, 0) is 0 Å². The lowest BCUT2D eigenvalue weighted by Crippen LogP contribution is -2.11. The predicted molar refractivity (Wildman–Crippen MR) is 148 cm³/mol. The Hall–Kier alpha value is -5.16. The highest BCUT2D eigenvalue weighted by Gasteiger charge is 2.14. The molecule has 0 atom stereocenters. The zero-order valence-electron chi connectivity index (χ0n) is 19.9. The molecule has 0 aliphatic carbocycles. The summed E-state index contributed by atoms with van der Waals surface area (Å²) in [6.45, 7) is 0. The molecular formula is C32H23N3O2. The normalized spacial score (nSPS) is 10.8. The van der Waals surface area contributed by atoms with E-state index in [1.165, 1.54) is 0 Å². The number of benzene rings is 4. The van der Waals surface area contributed by atoms with Gasteiger partial charge in [-0.25, -0.2) is 4.98 Å². The lowest BCUT2D eigenvalue weighted by Gasteiger charge is -2.11. The van der Waals surface area contributed by atoms with Crippen LogP contribution in [0.5, 0.6) is 11.5 Å². The van der Waals surface area contributed by atoms with Crippen LogP contribution in [0, 0.1) is 0 Å². The van der Waals surface area contributed by atoms with Crippen molar-refractivity contribution in [2.45, 2.75) is 0 Å². The minimum absolute atomic E-state index is 0.154. The van der Waals surface area contributed by atoms with Gasteiger partial charge in [0, 0.05) is 45.7 Å². The van der Waals surface area contributed by atoms with Crippen LogP contribution in [0.25, 0.3) is 33.3 Å². The van der Waals surface area contributed by atoms with Crippen molar-refractivity contribution in [1.82, 2.24) is 9.97 Å². The predicted octanol–water partition coefficient (Wildman–Crippen LogP) is 7.94. The van der Waals surface area contributed by atoms with Gasteiger partial charge in [0.1, 0.15) is 17.1 Å². The van der Waals surface area contributed by atoms with Gasteiger partial charge in [0.25, 0.3) is 5.91 Å². The Morgan fingerprint density at radius 1 is 0.730 bits per heavy atom. The third kappa shape index (κ3) is 4.70. The van der Waals surface area contributed by atoms with Crippen LogP contribution >= 0.6 is 0 Å². The number of aromatic amines is 1. The maximum atomic E-state index is 12.9. The molecule has 2 N–H and O–H groups in total. The highest BCUT2D eigenvalue weighted by molar-refractivity contribution is 6.05. The Morgan fingerprint density at radius 3 is 2.32 bits per heavy atom. The lowest BCUT2D eigenvalue weighted by molar-refractivity contribution is 0.102. The zero-order chi connectivity index (χ0) is 25.0. The number of fused-ring (bicyclic) bond motifs is 1. The standard InChI is InChI=1S/C32H23N3O2/c36-32(35-25-12-3-1-4-13-25)23-11-9-10-22(18-23)29-21-34-31-28(29)19-24(20-33-31)27-16-7-8-17-30(27)37-26-14-5-2-6-15-26/h1-21H,(H,33,34)(H,35,36). The summed E-state index contributed by atoms with van der Waals surface area (Å²) in [5.74, 6) is 1.38. The van der Waals surface area contributed by atoms with Gasteiger partial charge in [0.2, 0.25) is 0 Å². The topological polar surface area (TPSA) is 67.0 Å². The minimum Gasteiger partial charge on any atom is -0.457 e. The molecule has 5 heteroatoms. The summed E-state index contributed by atoms with van der Waals surface area (Å²) in [6.07, 6.45) is 3.78. The number of carbonyl (C=O) groups excluding carboxylic acids is 1. The molecule has 178 valence electrons. The third-order valence-electron chi connectivity index (χ3n) is 6.17. The molecule has 2 aromatic heterocycles. The van der Waals surface area contributed by atoms with Crippen LogP contribution in [0.2, 0.25) is 0 Å². The Morgan fingerprint density at radius 2 is 1.49 bits per heavy atom. The van der Waals surface area contributed by atoms with E-state index in [1.807, 2.05) is 122 Å². The zero-order valence-corrected chi connectivity index (χ0v) is 19.9. The second-order valence-electron chi connectivity index (χ2n) is 8.63. The number of hydrogen-bond donors (Lipinski definition) is 2. The highest BCUT2D eigenvalue weighted by atomic mass is 16.5. The van der Waals surface area contributed by atoms with Crippen molar-refractivity contribution in [3.05, 3.63) is 133 Å². The smallest absolute Gasteiger partial charge is 0.255 e. The number of carbonyl (C=O) groups is 1. The molecular weight excluding hydrogens is 458 g/mol. The number of nitrogens with zero attached hydrogens (tertiary/aromatic N) is 1. The second-order valence-corrected chi connectivity index (χ2v) is 8.63. The van der Waals surface area contributed by atoms with E-state index in [1.54, 1.807) is 0 Å². The molecule has 0 saturated heterocycles. The summed E-state index contributed by atoms with van der Waals surface area (Å²) >= 11 is 0. The van der Waals surface area contributed by atoms with E-state index >= 15 is 0 Å². The molecule has 0 bridgehead atoms. The first-order chi connectivity index (χ1) is 18.2. The summed E-state index contributed by atoms with van der Waals surface area (Å²) in [5.41, 5.74) is 5.91. The number of para-hydroxylation sites is 3. The lowest BCUT2D eigenvalue weighted by atomic mass is 10.00. The van der Waals surface area contributed by atoms with Crippen molar-refractivity contribution in [2.75, 3.05) is 5.32 Å².